The van der Waals surface area contributed by atoms with Gasteiger partial charge in [-0.3, -0.25) is 14.2 Å². The van der Waals surface area contributed by atoms with E-state index < -0.39 is 11.2 Å². The lowest BCUT2D eigenvalue weighted by Crippen LogP contribution is -2.43. The molecular weight excluding hydrogens is 398 g/mol. The quantitative estimate of drug-likeness (QED) is 0.549. The number of carbonyl (C=O) groups is 1. The van der Waals surface area contributed by atoms with Crippen molar-refractivity contribution in [3.63, 3.8) is 0 Å². The van der Waals surface area contributed by atoms with E-state index in [9.17, 15) is 14.4 Å². The maximum atomic E-state index is 13.0. The van der Waals surface area contributed by atoms with Gasteiger partial charge in [0.1, 0.15) is 11.2 Å². The van der Waals surface area contributed by atoms with E-state index in [-0.39, 0.29) is 23.8 Å². The van der Waals surface area contributed by atoms with Crippen LogP contribution in [0.4, 0.5) is 0 Å². The van der Waals surface area contributed by atoms with Gasteiger partial charge in [0.15, 0.2) is 0 Å². The monoisotopic (exact) mass is 417 g/mol. The molecule has 0 saturated heterocycles. The van der Waals surface area contributed by atoms with Gasteiger partial charge in [-0.25, -0.2) is 13.9 Å². The highest BCUT2D eigenvalue weighted by Crippen LogP contribution is 2.18. The third-order valence-electron chi connectivity index (χ3n) is 4.09. The van der Waals surface area contributed by atoms with Crippen molar-refractivity contribution in [3.8, 4) is 0 Å². The number of aromatic nitrogens is 4. The van der Waals surface area contributed by atoms with Crippen LogP contribution in [0.15, 0.2) is 38.5 Å². The largest absolute Gasteiger partial charge is 0.352 e. The predicted octanol–water partition coefficient (Wildman–Crippen LogP) is 1.90. The number of nitrogens with zero attached hydrogens (tertiary/aromatic N) is 4. The first-order valence-corrected chi connectivity index (χ1v) is 10.4. The third-order valence-corrected chi connectivity index (χ3v) is 5.84. The zero-order chi connectivity index (χ0) is 20.1. The summed E-state index contributed by atoms with van der Waals surface area (Å²) in [6.07, 6.45) is 0. The summed E-state index contributed by atoms with van der Waals surface area (Å²) in [5.41, 5.74) is -0.536. The molecule has 0 aromatic carbocycles. The zero-order valence-corrected chi connectivity index (χ0v) is 17.3. The first-order valence-electron chi connectivity index (χ1n) is 8.67. The lowest BCUT2D eigenvalue weighted by Gasteiger charge is -2.20. The molecule has 1 N–H and O–H groups in total. The third kappa shape index (κ3) is 3.29. The minimum atomic E-state index is -0.442. The topological polar surface area (TPSA) is 90.4 Å². The van der Waals surface area contributed by atoms with E-state index in [1.165, 1.54) is 31.6 Å². The highest BCUT2D eigenvalue weighted by Gasteiger charge is 2.21. The highest BCUT2D eigenvalue weighted by atomic mass is 32.1. The second-order valence-corrected chi connectivity index (χ2v) is 9.43. The average Bonchev–Trinajstić information content (AvgIpc) is 3.31. The molecule has 10 heteroatoms. The number of rotatable bonds is 4. The summed E-state index contributed by atoms with van der Waals surface area (Å²) in [6, 6.07) is 5.57. The molecule has 0 bridgehead atoms. The Labute approximate surface area is 167 Å². The Morgan fingerprint density at radius 1 is 1.18 bits per heavy atom. The summed E-state index contributed by atoms with van der Waals surface area (Å²) < 4.78 is 4.50. The van der Waals surface area contributed by atoms with Crippen LogP contribution in [-0.4, -0.2) is 30.2 Å². The molecule has 4 heterocycles. The molecule has 4 aromatic rings. The van der Waals surface area contributed by atoms with Gasteiger partial charge in [-0.2, -0.15) is 0 Å². The minimum Gasteiger partial charge on any atom is -0.350 e. The molecule has 0 spiro atoms. The Morgan fingerprint density at radius 2 is 1.96 bits per heavy atom. The van der Waals surface area contributed by atoms with E-state index in [4.69, 9.17) is 0 Å². The van der Waals surface area contributed by atoms with Crippen molar-refractivity contribution in [2.24, 2.45) is 0 Å². The smallest absolute Gasteiger partial charge is 0.350 e. The number of hydrogen-bond donors (Lipinski definition) is 1. The molecule has 1 amide bonds. The summed E-state index contributed by atoms with van der Waals surface area (Å²) >= 11 is 2.82. The van der Waals surface area contributed by atoms with Crippen LogP contribution in [0.2, 0.25) is 0 Å². The lowest BCUT2D eigenvalue weighted by molar-refractivity contribution is -0.123. The van der Waals surface area contributed by atoms with Gasteiger partial charge < -0.3 is 5.32 Å². The molecule has 0 atom stereocenters. The number of carbonyl (C=O) groups excluding carboxylic acids is 1. The molecule has 0 aliphatic carbocycles. The van der Waals surface area contributed by atoms with Gasteiger partial charge >= 0.3 is 5.69 Å². The van der Waals surface area contributed by atoms with Crippen molar-refractivity contribution in [1.29, 1.82) is 0 Å². The Balaban J connectivity index is 1.89. The Kier molecular flexibility index (Phi) is 4.47. The van der Waals surface area contributed by atoms with E-state index in [2.05, 4.69) is 10.4 Å². The summed E-state index contributed by atoms with van der Waals surface area (Å²) in [6.45, 7) is 5.70. The first kappa shape index (κ1) is 18.6. The number of thiophene rings is 2. The molecule has 0 unspecified atom stereocenters. The van der Waals surface area contributed by atoms with Crippen molar-refractivity contribution in [2.45, 2.75) is 39.4 Å². The average molecular weight is 418 g/mol. The van der Waals surface area contributed by atoms with Gasteiger partial charge in [0.05, 0.1) is 12.1 Å². The van der Waals surface area contributed by atoms with E-state index in [0.29, 0.717) is 16.8 Å². The Morgan fingerprint density at radius 3 is 2.64 bits per heavy atom. The van der Waals surface area contributed by atoms with E-state index in [1.807, 2.05) is 38.3 Å². The zero-order valence-electron chi connectivity index (χ0n) is 15.6. The van der Waals surface area contributed by atoms with Gasteiger partial charge in [0, 0.05) is 10.4 Å². The second kappa shape index (κ2) is 6.71. The number of hydrogen-bond acceptors (Lipinski definition) is 6. The Hall–Kier alpha value is -2.72. The molecule has 4 rings (SSSR count). The van der Waals surface area contributed by atoms with Crippen LogP contribution < -0.4 is 16.6 Å². The number of amides is 1. The van der Waals surface area contributed by atoms with Crippen LogP contribution >= 0.6 is 22.7 Å². The molecule has 0 aliphatic rings. The van der Waals surface area contributed by atoms with Crippen molar-refractivity contribution in [3.05, 3.63) is 54.7 Å². The summed E-state index contributed by atoms with van der Waals surface area (Å²) in [7, 11) is 0. The number of fused-ring (bicyclic) bond motifs is 3. The highest BCUT2D eigenvalue weighted by molar-refractivity contribution is 7.17. The van der Waals surface area contributed by atoms with E-state index in [1.54, 1.807) is 11.4 Å². The van der Waals surface area contributed by atoms with Crippen LogP contribution in [0.5, 0.6) is 0 Å². The molecule has 8 nitrogen and oxygen atoms in total. The fraction of sp³-hybridized carbons (Fsp3) is 0.333. The molecular formula is C18H19N5O3S2. The van der Waals surface area contributed by atoms with Gasteiger partial charge in [-0.1, -0.05) is 6.07 Å². The van der Waals surface area contributed by atoms with Crippen LogP contribution in [0, 0.1) is 0 Å². The van der Waals surface area contributed by atoms with E-state index >= 15 is 0 Å². The summed E-state index contributed by atoms with van der Waals surface area (Å²) in [5, 5.41) is 10.9. The van der Waals surface area contributed by atoms with Crippen molar-refractivity contribution >= 4 is 44.6 Å². The van der Waals surface area contributed by atoms with E-state index in [0.717, 1.165) is 9.56 Å². The fourth-order valence-electron chi connectivity index (χ4n) is 3.03. The van der Waals surface area contributed by atoms with Crippen LogP contribution in [0.3, 0.4) is 0 Å². The minimum absolute atomic E-state index is 0.192. The molecule has 0 fully saturated rings. The molecule has 4 aromatic heterocycles. The normalized spacial score (nSPS) is 12.1. The van der Waals surface area contributed by atoms with Crippen LogP contribution in [0.1, 0.15) is 25.6 Å². The first-order chi connectivity index (χ1) is 13.2. The van der Waals surface area contributed by atoms with Gasteiger partial charge in [-0.15, -0.1) is 27.8 Å². The fourth-order valence-corrected chi connectivity index (χ4v) is 4.55. The van der Waals surface area contributed by atoms with Crippen molar-refractivity contribution < 1.29 is 4.79 Å². The Bertz CT molecular complexity index is 1290. The van der Waals surface area contributed by atoms with Crippen molar-refractivity contribution in [1.82, 2.24) is 24.1 Å². The predicted molar refractivity (Wildman–Crippen MR) is 110 cm³/mol. The molecule has 28 heavy (non-hydrogen) atoms. The molecule has 0 radical (unpaired) electrons. The molecule has 146 valence electrons. The maximum absolute atomic E-state index is 13.0. The van der Waals surface area contributed by atoms with Crippen LogP contribution in [-0.2, 0) is 17.9 Å². The second-order valence-electron chi connectivity index (χ2n) is 7.48. The maximum Gasteiger partial charge on any atom is 0.352 e. The summed E-state index contributed by atoms with van der Waals surface area (Å²) in [4.78, 5) is 39.3. The molecule has 0 aliphatic heterocycles. The van der Waals surface area contributed by atoms with Gasteiger partial charge in [0.25, 0.3) is 5.56 Å². The lowest BCUT2D eigenvalue weighted by atomic mass is 10.1. The number of nitrogens with one attached hydrogen (secondary N) is 1. The SMILES string of the molecule is CC(C)(C)NC(=O)Cn1nc2n(Cc3cccs3)c(=O)c3sccc3n2c1=O. The van der Waals surface area contributed by atoms with Crippen LogP contribution in [0.25, 0.3) is 16.0 Å². The standard InChI is InChI=1S/C18H19N5O3S2/c1-18(2,3)19-13(24)10-22-17(26)23-12-6-8-28-14(12)15(25)21(16(23)20-22)9-11-5-4-7-27-11/h4-8H,9-10H2,1-3H3,(H,19,24). The molecule has 0 saturated carbocycles. The van der Waals surface area contributed by atoms with Gasteiger partial charge in [0.2, 0.25) is 11.7 Å². The van der Waals surface area contributed by atoms with Crippen molar-refractivity contribution in [2.75, 3.05) is 0 Å². The van der Waals surface area contributed by atoms with Gasteiger partial charge in [-0.05, 0) is 43.7 Å². The summed E-state index contributed by atoms with van der Waals surface area (Å²) in [5.74, 6) is -0.0791.